The lowest BCUT2D eigenvalue weighted by Gasteiger charge is -2.08. The molecule has 0 spiro atoms. The second-order valence-electron chi connectivity index (χ2n) is 3.78. The summed E-state index contributed by atoms with van der Waals surface area (Å²) in [4.78, 5) is 27.6. The van der Waals surface area contributed by atoms with Crippen LogP contribution < -0.4 is 11.2 Å². The lowest BCUT2D eigenvalue weighted by molar-refractivity contribution is 0.0794. The second kappa shape index (κ2) is 4.44. The Morgan fingerprint density at radius 3 is 2.88 bits per heavy atom. The number of fused-ring (bicyclic) bond motifs is 1. The minimum Gasteiger partial charge on any atom is -0.394 e. The van der Waals surface area contributed by atoms with Crippen molar-refractivity contribution in [3.05, 3.63) is 31.8 Å². The van der Waals surface area contributed by atoms with Crippen LogP contribution in [0.4, 0.5) is 0 Å². The molecule has 0 amide bonds. The lowest BCUT2D eigenvalue weighted by atomic mass is 10.3. The smallest absolute Gasteiger partial charge is 0.329 e. The van der Waals surface area contributed by atoms with Crippen LogP contribution in [0.2, 0.25) is 0 Å². The number of aliphatic hydroxyl groups excluding tert-OH is 2. The van der Waals surface area contributed by atoms with Gasteiger partial charge in [-0.15, -0.1) is 11.3 Å². The van der Waals surface area contributed by atoms with Crippen molar-refractivity contribution in [2.45, 2.75) is 19.6 Å². The molecular formula is C10H12N2O4S. The topological polar surface area (TPSA) is 95.3 Å². The largest absolute Gasteiger partial charge is 0.394 e. The molecule has 3 N–H and O–H groups in total. The van der Waals surface area contributed by atoms with Gasteiger partial charge in [-0.3, -0.25) is 14.3 Å². The monoisotopic (exact) mass is 256 g/mol. The summed E-state index contributed by atoms with van der Waals surface area (Å²) in [6, 6.07) is 1.69. The third-order valence-corrected chi connectivity index (χ3v) is 3.37. The fraction of sp³-hybridized carbons (Fsp3) is 0.400. The summed E-state index contributed by atoms with van der Waals surface area (Å²) in [7, 11) is 0. The fourth-order valence-corrected chi connectivity index (χ4v) is 2.50. The zero-order valence-corrected chi connectivity index (χ0v) is 9.95. The van der Waals surface area contributed by atoms with Gasteiger partial charge in [-0.05, 0) is 13.0 Å². The Kier molecular flexibility index (Phi) is 3.14. The highest BCUT2D eigenvalue weighted by atomic mass is 32.1. The number of aryl methyl sites for hydroxylation is 1. The minimum atomic E-state index is -1.12. The lowest BCUT2D eigenvalue weighted by Crippen LogP contribution is -2.38. The fourth-order valence-electron chi connectivity index (χ4n) is 1.60. The van der Waals surface area contributed by atoms with Gasteiger partial charge in [0.1, 0.15) is 4.83 Å². The Hall–Kier alpha value is -1.44. The molecule has 7 heteroatoms. The molecule has 0 radical (unpaired) electrons. The van der Waals surface area contributed by atoms with Crippen LogP contribution in [0.3, 0.4) is 0 Å². The summed E-state index contributed by atoms with van der Waals surface area (Å²) in [5, 5.41) is 18.4. The maximum absolute atomic E-state index is 12.0. The number of nitrogens with one attached hydrogen (secondary N) is 1. The highest BCUT2D eigenvalue weighted by molar-refractivity contribution is 7.18. The third kappa shape index (κ3) is 2.17. The molecule has 0 saturated carbocycles. The molecule has 0 saturated heterocycles. The van der Waals surface area contributed by atoms with E-state index in [9.17, 15) is 14.7 Å². The molecule has 6 nitrogen and oxygen atoms in total. The molecule has 2 aromatic rings. The van der Waals surface area contributed by atoms with E-state index in [1.54, 1.807) is 6.07 Å². The minimum absolute atomic E-state index is 0.213. The van der Waals surface area contributed by atoms with Crippen molar-refractivity contribution in [1.29, 1.82) is 0 Å². The van der Waals surface area contributed by atoms with Crippen molar-refractivity contribution < 1.29 is 10.2 Å². The Morgan fingerprint density at radius 1 is 1.53 bits per heavy atom. The number of aromatic amines is 1. The van der Waals surface area contributed by atoms with E-state index in [1.807, 2.05) is 6.92 Å². The quantitative estimate of drug-likeness (QED) is 0.684. The van der Waals surface area contributed by atoms with E-state index in [2.05, 4.69) is 4.98 Å². The van der Waals surface area contributed by atoms with E-state index in [0.717, 1.165) is 9.44 Å². The summed E-state index contributed by atoms with van der Waals surface area (Å²) < 4.78 is 0.898. The van der Waals surface area contributed by atoms with Crippen LogP contribution in [-0.2, 0) is 6.54 Å². The van der Waals surface area contributed by atoms with Crippen molar-refractivity contribution in [1.82, 2.24) is 9.55 Å². The van der Waals surface area contributed by atoms with E-state index in [0.29, 0.717) is 10.2 Å². The molecule has 1 unspecified atom stereocenters. The van der Waals surface area contributed by atoms with E-state index in [1.165, 1.54) is 11.3 Å². The van der Waals surface area contributed by atoms with Crippen LogP contribution in [0, 0.1) is 6.92 Å². The van der Waals surface area contributed by atoms with E-state index in [-0.39, 0.29) is 6.54 Å². The van der Waals surface area contributed by atoms with Crippen molar-refractivity contribution in [3.8, 4) is 0 Å². The molecule has 0 aliphatic heterocycles. The molecule has 0 aromatic carbocycles. The first-order valence-electron chi connectivity index (χ1n) is 5.05. The number of H-pyrrole nitrogens is 1. The van der Waals surface area contributed by atoms with E-state index < -0.39 is 24.0 Å². The van der Waals surface area contributed by atoms with Crippen LogP contribution in [0.25, 0.3) is 10.2 Å². The average molecular weight is 256 g/mol. The first kappa shape index (κ1) is 12.0. The van der Waals surface area contributed by atoms with Crippen molar-refractivity contribution in [2.75, 3.05) is 6.61 Å². The highest BCUT2D eigenvalue weighted by Crippen LogP contribution is 2.18. The van der Waals surface area contributed by atoms with Gasteiger partial charge in [0.25, 0.3) is 5.56 Å². The maximum atomic E-state index is 12.0. The SMILES string of the molecule is Cc1cc2c(=O)n(CC(O)CO)c(=O)[nH]c2s1. The predicted octanol–water partition coefficient (Wildman–Crippen LogP) is -0.587. The van der Waals surface area contributed by atoms with Crippen molar-refractivity contribution in [2.24, 2.45) is 0 Å². The van der Waals surface area contributed by atoms with Crippen LogP contribution >= 0.6 is 11.3 Å². The Balaban J connectivity index is 2.63. The summed E-state index contributed by atoms with van der Waals surface area (Å²) in [5.74, 6) is 0. The summed E-state index contributed by atoms with van der Waals surface area (Å²) >= 11 is 1.33. The number of thiophene rings is 1. The Bertz CT molecular complexity index is 654. The molecular weight excluding hydrogens is 244 g/mol. The predicted molar refractivity (Wildman–Crippen MR) is 64.5 cm³/mol. The Morgan fingerprint density at radius 2 is 2.24 bits per heavy atom. The molecule has 0 fully saturated rings. The number of aromatic nitrogens is 2. The van der Waals surface area contributed by atoms with Gasteiger partial charge >= 0.3 is 5.69 Å². The van der Waals surface area contributed by atoms with Crippen LogP contribution in [0.1, 0.15) is 4.88 Å². The normalized spacial score (nSPS) is 13.1. The van der Waals surface area contributed by atoms with Crippen LogP contribution in [0.15, 0.2) is 15.7 Å². The van der Waals surface area contributed by atoms with Crippen LogP contribution in [0.5, 0.6) is 0 Å². The zero-order valence-electron chi connectivity index (χ0n) is 9.14. The third-order valence-electron chi connectivity index (χ3n) is 2.40. The van der Waals surface area contributed by atoms with Gasteiger partial charge in [-0.25, -0.2) is 4.79 Å². The summed E-state index contributed by atoms with van der Waals surface area (Å²) in [5.41, 5.74) is -1.02. The van der Waals surface area contributed by atoms with E-state index in [4.69, 9.17) is 5.11 Å². The first-order chi connectivity index (χ1) is 8.02. The maximum Gasteiger partial charge on any atom is 0.329 e. The van der Waals surface area contributed by atoms with Gasteiger partial charge in [0.15, 0.2) is 0 Å². The number of nitrogens with zero attached hydrogens (tertiary/aromatic N) is 1. The van der Waals surface area contributed by atoms with Gasteiger partial charge in [-0.1, -0.05) is 0 Å². The standard InChI is InChI=1S/C10H12N2O4S/c1-5-2-7-8(17-5)11-10(16)12(9(7)15)3-6(14)4-13/h2,6,13-14H,3-4H2,1H3,(H,11,16). The molecule has 0 bridgehead atoms. The zero-order chi connectivity index (χ0) is 12.6. The average Bonchev–Trinajstić information content (AvgIpc) is 2.64. The summed E-state index contributed by atoms with van der Waals surface area (Å²) in [6.07, 6.45) is -1.12. The highest BCUT2D eigenvalue weighted by Gasteiger charge is 2.12. The van der Waals surface area contributed by atoms with Crippen molar-refractivity contribution >= 4 is 21.6 Å². The molecule has 2 heterocycles. The molecule has 2 rings (SSSR count). The van der Waals surface area contributed by atoms with Gasteiger partial charge in [0.2, 0.25) is 0 Å². The van der Waals surface area contributed by atoms with Gasteiger partial charge in [0.05, 0.1) is 24.6 Å². The number of hydrogen-bond acceptors (Lipinski definition) is 5. The Labute approximate surface area is 99.8 Å². The van der Waals surface area contributed by atoms with Gasteiger partial charge in [0, 0.05) is 4.88 Å². The molecule has 92 valence electrons. The summed E-state index contributed by atoms with van der Waals surface area (Å²) in [6.45, 7) is 1.14. The molecule has 1 atom stereocenters. The van der Waals surface area contributed by atoms with Gasteiger partial charge in [-0.2, -0.15) is 0 Å². The van der Waals surface area contributed by atoms with E-state index >= 15 is 0 Å². The van der Waals surface area contributed by atoms with Crippen LogP contribution in [-0.4, -0.2) is 32.5 Å². The first-order valence-corrected chi connectivity index (χ1v) is 5.86. The number of rotatable bonds is 3. The molecule has 2 aromatic heterocycles. The van der Waals surface area contributed by atoms with Gasteiger partial charge < -0.3 is 10.2 Å². The molecule has 0 aliphatic rings. The molecule has 17 heavy (non-hydrogen) atoms. The molecule has 0 aliphatic carbocycles. The van der Waals surface area contributed by atoms with Crippen molar-refractivity contribution in [3.63, 3.8) is 0 Å². The number of aliphatic hydroxyl groups is 2. The number of hydrogen-bond donors (Lipinski definition) is 3. The second-order valence-corrected chi connectivity index (χ2v) is 5.04.